The van der Waals surface area contributed by atoms with Crippen molar-refractivity contribution in [2.24, 2.45) is 29.6 Å². The lowest BCUT2D eigenvalue weighted by atomic mass is 9.79. The van der Waals surface area contributed by atoms with Gasteiger partial charge in [-0.25, -0.2) is 0 Å². The van der Waals surface area contributed by atoms with E-state index in [1.165, 1.54) is 70.6 Å². The minimum absolute atomic E-state index is 0.906. The molecule has 0 aromatic carbocycles. The van der Waals surface area contributed by atoms with Gasteiger partial charge in [0.25, 0.3) is 0 Å². The van der Waals surface area contributed by atoms with Crippen LogP contribution in [0.5, 0.6) is 0 Å². The zero-order valence-electron chi connectivity index (χ0n) is 16.2. The molecule has 0 heterocycles. The Morgan fingerprint density at radius 3 is 2.57 bits per heavy atom. The number of hydrogen-bond donors (Lipinski definition) is 0. The van der Waals surface area contributed by atoms with Crippen LogP contribution in [0.25, 0.3) is 0 Å². The summed E-state index contributed by atoms with van der Waals surface area (Å²) in [6.45, 7) is 6.93. The molecule has 134 valence electrons. The summed E-state index contributed by atoms with van der Waals surface area (Å²) in [7, 11) is 0. The standard InChI is InChI=1S/C23H42/c1-4-7-11-22(23-15-14-19(18-23)9-5-2)17-16-21-13-8-12-20(21)10-6-3/h6,10,19-23H,4-5,7-9,11-18H2,1-3H3/t19-,20+,21-,22?,23-/m1/s1. The minimum Gasteiger partial charge on any atom is -0.0914 e. The topological polar surface area (TPSA) is 0 Å². The Morgan fingerprint density at radius 1 is 0.957 bits per heavy atom. The maximum absolute atomic E-state index is 2.51. The van der Waals surface area contributed by atoms with Crippen LogP contribution in [0, 0.1) is 29.6 Å². The lowest BCUT2D eigenvalue weighted by Crippen LogP contribution is -2.15. The van der Waals surface area contributed by atoms with E-state index in [4.69, 9.17) is 0 Å². The van der Waals surface area contributed by atoms with E-state index in [2.05, 4.69) is 32.9 Å². The first-order chi connectivity index (χ1) is 11.3. The van der Waals surface area contributed by atoms with Crippen molar-refractivity contribution in [3.8, 4) is 0 Å². The monoisotopic (exact) mass is 318 g/mol. The average molecular weight is 319 g/mol. The zero-order valence-corrected chi connectivity index (χ0v) is 16.2. The smallest absolute Gasteiger partial charge is 0.0205 e. The number of allylic oxidation sites excluding steroid dienone is 2. The Morgan fingerprint density at radius 2 is 1.83 bits per heavy atom. The molecule has 2 rings (SSSR count). The van der Waals surface area contributed by atoms with Crippen molar-refractivity contribution in [3.05, 3.63) is 12.2 Å². The second kappa shape index (κ2) is 10.6. The van der Waals surface area contributed by atoms with E-state index in [1.807, 2.05) is 0 Å². The lowest BCUT2D eigenvalue weighted by molar-refractivity contribution is 0.253. The number of unbranched alkanes of at least 4 members (excludes halogenated alkanes) is 1. The van der Waals surface area contributed by atoms with Crippen molar-refractivity contribution in [3.63, 3.8) is 0 Å². The van der Waals surface area contributed by atoms with Gasteiger partial charge in [0.1, 0.15) is 0 Å². The fourth-order valence-electron chi connectivity index (χ4n) is 5.65. The number of rotatable bonds is 10. The Kier molecular flexibility index (Phi) is 8.77. The summed E-state index contributed by atoms with van der Waals surface area (Å²) in [4.78, 5) is 0. The fraction of sp³-hybridized carbons (Fsp3) is 0.913. The molecular weight excluding hydrogens is 276 g/mol. The highest BCUT2D eigenvalue weighted by Crippen LogP contribution is 2.43. The summed E-state index contributed by atoms with van der Waals surface area (Å²) in [5.74, 6) is 5.09. The summed E-state index contributed by atoms with van der Waals surface area (Å²) in [6.07, 6.45) is 24.1. The Balaban J connectivity index is 1.83. The SMILES string of the molecule is CC=C[C@H]1CCC[C@@H]1CCC(CCCC)[C@@H]1CC[C@@H](CCC)C1. The molecule has 0 saturated heterocycles. The second-order valence-electron chi connectivity index (χ2n) is 8.59. The van der Waals surface area contributed by atoms with Crippen LogP contribution in [0.1, 0.15) is 104 Å². The summed E-state index contributed by atoms with van der Waals surface area (Å²) in [5, 5.41) is 0. The maximum atomic E-state index is 2.51. The molecule has 0 aliphatic heterocycles. The molecule has 2 aliphatic rings. The summed E-state index contributed by atoms with van der Waals surface area (Å²) in [5.41, 5.74) is 0. The molecule has 2 fully saturated rings. The molecule has 1 unspecified atom stereocenters. The Labute approximate surface area is 146 Å². The molecule has 0 aromatic rings. The van der Waals surface area contributed by atoms with E-state index < -0.39 is 0 Å². The molecule has 0 aromatic heterocycles. The van der Waals surface area contributed by atoms with Gasteiger partial charge < -0.3 is 0 Å². The third-order valence-corrected chi connectivity index (χ3v) is 6.94. The third kappa shape index (κ3) is 5.95. The molecule has 0 N–H and O–H groups in total. The van der Waals surface area contributed by atoms with Crippen LogP contribution in [0.15, 0.2) is 12.2 Å². The van der Waals surface area contributed by atoms with Gasteiger partial charge in [-0.3, -0.25) is 0 Å². The molecule has 0 nitrogen and oxygen atoms in total. The highest BCUT2D eigenvalue weighted by Gasteiger charge is 2.31. The van der Waals surface area contributed by atoms with Gasteiger partial charge in [0, 0.05) is 0 Å². The van der Waals surface area contributed by atoms with Crippen LogP contribution in [-0.4, -0.2) is 0 Å². The van der Waals surface area contributed by atoms with E-state index in [0.29, 0.717) is 0 Å². The predicted octanol–water partition coefficient (Wildman–Crippen LogP) is 7.78. The highest BCUT2D eigenvalue weighted by atomic mass is 14.4. The molecule has 0 radical (unpaired) electrons. The van der Waals surface area contributed by atoms with Crippen LogP contribution in [-0.2, 0) is 0 Å². The van der Waals surface area contributed by atoms with Crippen molar-refractivity contribution in [1.82, 2.24) is 0 Å². The Hall–Kier alpha value is -0.260. The average Bonchev–Trinajstić information content (AvgIpc) is 3.18. The van der Waals surface area contributed by atoms with Crippen molar-refractivity contribution < 1.29 is 0 Å². The normalized spacial score (nSPS) is 32.8. The summed E-state index contributed by atoms with van der Waals surface area (Å²) >= 11 is 0. The van der Waals surface area contributed by atoms with Gasteiger partial charge in [-0.2, -0.15) is 0 Å². The largest absolute Gasteiger partial charge is 0.0914 e. The zero-order chi connectivity index (χ0) is 16.5. The first-order valence-corrected chi connectivity index (χ1v) is 10.9. The molecular formula is C23H42. The summed E-state index contributed by atoms with van der Waals surface area (Å²) in [6, 6.07) is 0. The van der Waals surface area contributed by atoms with E-state index >= 15 is 0 Å². The molecule has 23 heavy (non-hydrogen) atoms. The van der Waals surface area contributed by atoms with Gasteiger partial charge in [0.05, 0.1) is 0 Å². The van der Waals surface area contributed by atoms with E-state index in [0.717, 1.165) is 29.6 Å². The molecule has 2 aliphatic carbocycles. The quantitative estimate of drug-likeness (QED) is 0.361. The van der Waals surface area contributed by atoms with Gasteiger partial charge >= 0.3 is 0 Å². The van der Waals surface area contributed by atoms with Crippen LogP contribution in [0.4, 0.5) is 0 Å². The van der Waals surface area contributed by atoms with E-state index in [-0.39, 0.29) is 0 Å². The van der Waals surface area contributed by atoms with Gasteiger partial charge in [-0.15, -0.1) is 0 Å². The van der Waals surface area contributed by atoms with Crippen molar-refractivity contribution in [1.29, 1.82) is 0 Å². The minimum atomic E-state index is 0.906. The van der Waals surface area contributed by atoms with Gasteiger partial charge in [0.2, 0.25) is 0 Å². The van der Waals surface area contributed by atoms with Gasteiger partial charge in [-0.1, -0.05) is 70.9 Å². The van der Waals surface area contributed by atoms with E-state index in [9.17, 15) is 0 Å². The number of hydrogen-bond acceptors (Lipinski definition) is 0. The van der Waals surface area contributed by atoms with Crippen LogP contribution in [0.3, 0.4) is 0 Å². The first-order valence-electron chi connectivity index (χ1n) is 10.9. The van der Waals surface area contributed by atoms with Crippen LogP contribution >= 0.6 is 0 Å². The molecule has 0 amide bonds. The maximum Gasteiger partial charge on any atom is -0.0205 e. The fourth-order valence-corrected chi connectivity index (χ4v) is 5.65. The van der Waals surface area contributed by atoms with Crippen molar-refractivity contribution in [2.75, 3.05) is 0 Å². The molecule has 0 heteroatoms. The highest BCUT2D eigenvalue weighted by molar-refractivity contribution is 4.93. The van der Waals surface area contributed by atoms with Crippen molar-refractivity contribution >= 4 is 0 Å². The molecule has 2 saturated carbocycles. The third-order valence-electron chi connectivity index (χ3n) is 6.94. The lowest BCUT2D eigenvalue weighted by Gasteiger charge is -2.26. The van der Waals surface area contributed by atoms with Crippen LogP contribution in [0.2, 0.25) is 0 Å². The van der Waals surface area contributed by atoms with Gasteiger partial charge in [0.15, 0.2) is 0 Å². The molecule has 0 spiro atoms. The molecule has 0 bridgehead atoms. The van der Waals surface area contributed by atoms with Crippen molar-refractivity contribution in [2.45, 2.75) is 104 Å². The Bertz CT molecular complexity index is 329. The predicted molar refractivity (Wildman–Crippen MR) is 104 cm³/mol. The summed E-state index contributed by atoms with van der Waals surface area (Å²) < 4.78 is 0. The van der Waals surface area contributed by atoms with E-state index in [1.54, 1.807) is 12.8 Å². The second-order valence-corrected chi connectivity index (χ2v) is 8.59. The van der Waals surface area contributed by atoms with Gasteiger partial charge in [-0.05, 0) is 75.0 Å². The van der Waals surface area contributed by atoms with Crippen LogP contribution < -0.4 is 0 Å². The first kappa shape index (κ1) is 19.1. The molecule has 5 atom stereocenters.